The number of carbonyl (C=O) groups excluding carboxylic acids is 1. The number of benzene rings is 1. The van der Waals surface area contributed by atoms with Crippen molar-refractivity contribution >= 4 is 5.91 Å². The van der Waals surface area contributed by atoms with E-state index < -0.39 is 23.3 Å². The van der Waals surface area contributed by atoms with Crippen molar-refractivity contribution in [2.24, 2.45) is 5.73 Å². The molecule has 0 bridgehead atoms. The Morgan fingerprint density at radius 3 is 2.21 bits per heavy atom. The molecule has 0 aromatic heterocycles. The molecule has 1 atom stereocenters. The van der Waals surface area contributed by atoms with E-state index in [1.807, 2.05) is 0 Å². The molecule has 1 unspecified atom stereocenters. The Kier molecular flexibility index (Phi) is 2.51. The van der Waals surface area contributed by atoms with Crippen LogP contribution in [0.2, 0.25) is 0 Å². The maximum atomic E-state index is 10.8. The summed E-state index contributed by atoms with van der Waals surface area (Å²) in [6.45, 7) is 1.49. The van der Waals surface area contributed by atoms with E-state index in [2.05, 4.69) is 0 Å². The van der Waals surface area contributed by atoms with E-state index in [1.165, 1.54) is 6.92 Å². The number of amides is 1. The molecule has 5 N–H and O–H groups in total. The highest BCUT2D eigenvalue weighted by atomic mass is 16.3. The molecule has 76 valence electrons. The minimum Gasteiger partial charge on any atom is -0.508 e. The second-order valence-corrected chi connectivity index (χ2v) is 3.02. The summed E-state index contributed by atoms with van der Waals surface area (Å²) in [5.74, 6) is -2.45. The van der Waals surface area contributed by atoms with Gasteiger partial charge in [-0.3, -0.25) is 4.79 Å². The van der Waals surface area contributed by atoms with Crippen LogP contribution in [0, 0.1) is 0 Å². The minimum absolute atomic E-state index is 0.188. The molecule has 0 aliphatic heterocycles. The highest BCUT2D eigenvalue weighted by molar-refractivity contribution is 5.82. The lowest BCUT2D eigenvalue weighted by atomic mass is 9.99. The monoisotopic (exact) mass is 197 g/mol. The van der Waals surface area contributed by atoms with Crippen LogP contribution in [0.3, 0.4) is 0 Å². The summed E-state index contributed by atoms with van der Waals surface area (Å²) in [6.07, 6.45) is 0. The summed E-state index contributed by atoms with van der Waals surface area (Å²) in [6, 6.07) is 2.07. The van der Waals surface area contributed by atoms with E-state index in [0.29, 0.717) is 0 Å². The number of hydrogen-bond acceptors (Lipinski definition) is 4. The Labute approximate surface area is 80.4 Å². The molecule has 1 aromatic rings. The molecular weight excluding hydrogens is 186 g/mol. The third-order valence-electron chi connectivity index (χ3n) is 2.02. The second-order valence-electron chi connectivity index (χ2n) is 3.02. The van der Waals surface area contributed by atoms with Crippen LogP contribution in [-0.2, 0) is 4.79 Å². The van der Waals surface area contributed by atoms with Gasteiger partial charge in [-0.1, -0.05) is 0 Å². The Morgan fingerprint density at radius 2 is 1.71 bits per heavy atom. The first-order valence-electron chi connectivity index (χ1n) is 3.97. The van der Waals surface area contributed by atoms with Gasteiger partial charge >= 0.3 is 0 Å². The molecule has 14 heavy (non-hydrogen) atoms. The third kappa shape index (κ3) is 1.71. The second kappa shape index (κ2) is 3.45. The molecule has 5 heteroatoms. The average Bonchev–Trinajstić information content (AvgIpc) is 2.10. The first kappa shape index (κ1) is 10.2. The van der Waals surface area contributed by atoms with Gasteiger partial charge in [0.05, 0.1) is 5.92 Å². The van der Waals surface area contributed by atoms with E-state index in [1.54, 1.807) is 0 Å². The quantitative estimate of drug-likeness (QED) is 0.406. The van der Waals surface area contributed by atoms with Crippen LogP contribution in [-0.4, -0.2) is 21.2 Å². The van der Waals surface area contributed by atoms with Crippen LogP contribution in [0.25, 0.3) is 0 Å². The van der Waals surface area contributed by atoms with E-state index >= 15 is 0 Å². The van der Waals surface area contributed by atoms with Gasteiger partial charge in [-0.2, -0.15) is 0 Å². The zero-order valence-corrected chi connectivity index (χ0v) is 7.56. The summed E-state index contributed by atoms with van der Waals surface area (Å²) in [5.41, 5.74) is 5.22. The SMILES string of the molecule is CC(C(N)=O)c1cc(O)c(O)cc1O. The number of carbonyl (C=O) groups is 1. The van der Waals surface area contributed by atoms with Crippen molar-refractivity contribution in [2.45, 2.75) is 12.8 Å². The molecule has 0 spiro atoms. The zero-order chi connectivity index (χ0) is 10.9. The molecule has 5 nitrogen and oxygen atoms in total. The van der Waals surface area contributed by atoms with Crippen molar-refractivity contribution in [3.8, 4) is 17.2 Å². The summed E-state index contributed by atoms with van der Waals surface area (Å²) in [5, 5.41) is 27.5. The third-order valence-corrected chi connectivity index (χ3v) is 2.02. The predicted molar refractivity (Wildman–Crippen MR) is 49.0 cm³/mol. The smallest absolute Gasteiger partial charge is 0.224 e. The lowest BCUT2D eigenvalue weighted by Gasteiger charge is -2.10. The van der Waals surface area contributed by atoms with Gasteiger partial charge in [-0.05, 0) is 13.0 Å². The maximum absolute atomic E-state index is 10.8. The Morgan fingerprint density at radius 1 is 1.21 bits per heavy atom. The number of aromatic hydroxyl groups is 3. The standard InChI is InChI=1S/C9H11NO4/c1-4(9(10)14)5-2-7(12)8(13)3-6(5)11/h2-4,11-13H,1H3,(H2,10,14). The first-order chi connectivity index (χ1) is 6.43. The highest BCUT2D eigenvalue weighted by Gasteiger charge is 2.17. The predicted octanol–water partition coefficient (Wildman–Crippen LogP) is 0.392. The fourth-order valence-corrected chi connectivity index (χ4v) is 1.08. The van der Waals surface area contributed by atoms with Crippen LogP contribution < -0.4 is 5.73 Å². The molecule has 0 fully saturated rings. The van der Waals surface area contributed by atoms with Gasteiger partial charge in [-0.15, -0.1) is 0 Å². The van der Waals surface area contributed by atoms with Gasteiger partial charge in [0.1, 0.15) is 5.75 Å². The van der Waals surface area contributed by atoms with Gasteiger partial charge in [0, 0.05) is 11.6 Å². The van der Waals surface area contributed by atoms with Crippen molar-refractivity contribution in [3.05, 3.63) is 17.7 Å². The lowest BCUT2D eigenvalue weighted by Crippen LogP contribution is -2.18. The van der Waals surface area contributed by atoms with Crippen molar-refractivity contribution in [3.63, 3.8) is 0 Å². The van der Waals surface area contributed by atoms with E-state index in [-0.39, 0.29) is 11.3 Å². The molecule has 1 aromatic carbocycles. The van der Waals surface area contributed by atoms with Crippen LogP contribution >= 0.6 is 0 Å². The van der Waals surface area contributed by atoms with Gasteiger partial charge < -0.3 is 21.1 Å². The largest absolute Gasteiger partial charge is 0.508 e. The van der Waals surface area contributed by atoms with Crippen molar-refractivity contribution in [1.29, 1.82) is 0 Å². The molecule has 0 heterocycles. The lowest BCUT2D eigenvalue weighted by molar-refractivity contribution is -0.119. The minimum atomic E-state index is -0.721. The molecule has 0 aliphatic carbocycles. The Balaban J connectivity index is 3.22. The molecule has 0 saturated carbocycles. The van der Waals surface area contributed by atoms with E-state index in [9.17, 15) is 9.90 Å². The first-order valence-corrected chi connectivity index (χ1v) is 3.97. The van der Waals surface area contributed by atoms with Crippen molar-refractivity contribution in [1.82, 2.24) is 0 Å². The van der Waals surface area contributed by atoms with Crippen molar-refractivity contribution in [2.75, 3.05) is 0 Å². The number of phenols is 3. The van der Waals surface area contributed by atoms with Crippen molar-refractivity contribution < 1.29 is 20.1 Å². The van der Waals surface area contributed by atoms with Crippen LogP contribution in [0.15, 0.2) is 12.1 Å². The summed E-state index contributed by atoms with van der Waals surface area (Å²) < 4.78 is 0. The molecule has 0 aliphatic rings. The van der Waals surface area contributed by atoms with Crippen LogP contribution in [0.4, 0.5) is 0 Å². The van der Waals surface area contributed by atoms with E-state index in [0.717, 1.165) is 12.1 Å². The maximum Gasteiger partial charge on any atom is 0.224 e. The van der Waals surface area contributed by atoms with Gasteiger partial charge in [-0.25, -0.2) is 0 Å². The number of hydrogen-bond donors (Lipinski definition) is 4. The fraction of sp³-hybridized carbons (Fsp3) is 0.222. The van der Waals surface area contributed by atoms with Gasteiger partial charge in [0.25, 0.3) is 0 Å². The average molecular weight is 197 g/mol. The number of phenolic OH excluding ortho intramolecular Hbond substituents is 3. The summed E-state index contributed by atoms with van der Waals surface area (Å²) >= 11 is 0. The molecule has 0 radical (unpaired) electrons. The topological polar surface area (TPSA) is 104 Å². The number of rotatable bonds is 2. The number of primary amides is 1. The molecule has 1 amide bonds. The molecule has 1 rings (SSSR count). The Bertz CT molecular complexity index is 375. The number of nitrogens with two attached hydrogens (primary N) is 1. The zero-order valence-electron chi connectivity index (χ0n) is 7.56. The summed E-state index contributed by atoms with van der Waals surface area (Å²) in [4.78, 5) is 10.8. The Hall–Kier alpha value is -1.91. The van der Waals surface area contributed by atoms with Crippen LogP contribution in [0.5, 0.6) is 17.2 Å². The van der Waals surface area contributed by atoms with Gasteiger partial charge in [0.2, 0.25) is 5.91 Å². The fourth-order valence-electron chi connectivity index (χ4n) is 1.08. The summed E-state index contributed by atoms with van der Waals surface area (Å²) in [7, 11) is 0. The van der Waals surface area contributed by atoms with E-state index in [4.69, 9.17) is 15.9 Å². The normalized spacial score (nSPS) is 12.4. The highest BCUT2D eigenvalue weighted by Crippen LogP contribution is 2.35. The molecular formula is C9H11NO4. The van der Waals surface area contributed by atoms with Gasteiger partial charge in [0.15, 0.2) is 11.5 Å². The molecule has 0 saturated heterocycles. The van der Waals surface area contributed by atoms with Crippen LogP contribution in [0.1, 0.15) is 18.4 Å².